The SMILES string of the molecule is CCCCCCCCCCCCCCCCCCCCC[CH2][Sn]([SH])([CH2]CCC)[CH2]CCC. The second kappa shape index (κ2) is 26.7. The van der Waals surface area contributed by atoms with E-state index >= 15 is 0 Å². The fourth-order valence-corrected chi connectivity index (χ4v) is 18.8. The molecule has 0 radical (unpaired) electrons. The van der Waals surface area contributed by atoms with Gasteiger partial charge in [-0.05, 0) is 0 Å². The number of unbranched alkanes of at least 4 members (excludes halogenated alkanes) is 21. The van der Waals surface area contributed by atoms with Crippen LogP contribution in [-0.2, 0) is 0 Å². The summed E-state index contributed by atoms with van der Waals surface area (Å²) in [6, 6.07) is 0. The van der Waals surface area contributed by atoms with Gasteiger partial charge in [0.05, 0.1) is 0 Å². The van der Waals surface area contributed by atoms with Crippen molar-refractivity contribution in [1.29, 1.82) is 0 Å². The molecule has 0 saturated heterocycles. The number of hydrogen-bond acceptors (Lipinski definition) is 1. The molecule has 0 unspecified atom stereocenters. The van der Waals surface area contributed by atoms with E-state index in [-0.39, 0.29) is 0 Å². The van der Waals surface area contributed by atoms with E-state index < -0.39 is 17.0 Å². The van der Waals surface area contributed by atoms with Crippen molar-refractivity contribution >= 4 is 26.8 Å². The predicted octanol–water partition coefficient (Wildman–Crippen LogP) is 12.3. The van der Waals surface area contributed by atoms with Gasteiger partial charge in [-0.2, -0.15) is 0 Å². The Kier molecular flexibility index (Phi) is 27.7. The summed E-state index contributed by atoms with van der Waals surface area (Å²) >= 11 is -2.00. The van der Waals surface area contributed by atoms with E-state index in [0.717, 1.165) is 0 Å². The minimum absolute atomic E-state index is 1.37. The van der Waals surface area contributed by atoms with Crippen LogP contribution < -0.4 is 0 Å². The van der Waals surface area contributed by atoms with Crippen molar-refractivity contribution in [2.45, 2.75) is 188 Å². The molecule has 0 nitrogen and oxygen atoms in total. The van der Waals surface area contributed by atoms with E-state index in [9.17, 15) is 0 Å². The van der Waals surface area contributed by atoms with Crippen LogP contribution in [0.15, 0.2) is 0 Å². The van der Waals surface area contributed by atoms with Crippen LogP contribution >= 0.6 is 9.81 Å². The van der Waals surface area contributed by atoms with Crippen molar-refractivity contribution < 1.29 is 0 Å². The van der Waals surface area contributed by atoms with Crippen LogP contribution in [-0.4, -0.2) is 17.0 Å². The van der Waals surface area contributed by atoms with E-state index in [1.54, 1.807) is 4.44 Å². The van der Waals surface area contributed by atoms with Crippen molar-refractivity contribution in [3.63, 3.8) is 0 Å². The van der Waals surface area contributed by atoms with E-state index in [2.05, 4.69) is 20.8 Å². The van der Waals surface area contributed by atoms with Crippen molar-refractivity contribution in [1.82, 2.24) is 0 Å². The Morgan fingerprint density at radius 2 is 0.531 bits per heavy atom. The summed E-state index contributed by atoms with van der Waals surface area (Å²) in [5.74, 6) is 0. The fraction of sp³-hybridized carbons (Fsp3) is 1.00. The summed E-state index contributed by atoms with van der Waals surface area (Å²) in [5, 5.41) is 0. The Morgan fingerprint density at radius 3 is 0.812 bits per heavy atom. The maximum absolute atomic E-state index is 5.34. The molecule has 0 amide bonds. The van der Waals surface area contributed by atoms with Crippen molar-refractivity contribution in [3.05, 3.63) is 0 Å². The molecule has 0 fully saturated rings. The van der Waals surface area contributed by atoms with Gasteiger partial charge in [-0.3, -0.25) is 0 Å². The Hall–Kier alpha value is 1.15. The molecular weight excluding hydrogens is 511 g/mol. The third kappa shape index (κ3) is 24.3. The first-order chi connectivity index (χ1) is 15.7. The van der Waals surface area contributed by atoms with Gasteiger partial charge in [0.2, 0.25) is 0 Å². The van der Waals surface area contributed by atoms with E-state index in [4.69, 9.17) is 9.81 Å². The third-order valence-corrected chi connectivity index (χ3v) is 23.0. The maximum atomic E-state index is 5.34. The average molecular weight is 576 g/mol. The van der Waals surface area contributed by atoms with Gasteiger partial charge in [-0.15, -0.1) is 0 Å². The molecule has 0 aliphatic rings. The molecule has 0 saturated carbocycles. The van der Waals surface area contributed by atoms with Crippen LogP contribution in [0.25, 0.3) is 0 Å². The number of hydrogen-bond donors (Lipinski definition) is 1. The van der Waals surface area contributed by atoms with Gasteiger partial charge in [0, 0.05) is 0 Å². The summed E-state index contributed by atoms with van der Waals surface area (Å²) in [5.41, 5.74) is 0. The molecule has 0 rings (SSSR count). The molecule has 0 aliphatic heterocycles. The molecule has 0 atom stereocenters. The molecule has 0 aromatic rings. The fourth-order valence-electron chi connectivity index (χ4n) is 5.10. The van der Waals surface area contributed by atoms with Gasteiger partial charge in [0.15, 0.2) is 0 Å². The van der Waals surface area contributed by atoms with Crippen molar-refractivity contribution in [2.75, 3.05) is 0 Å². The zero-order chi connectivity index (χ0) is 23.6. The molecule has 0 aromatic carbocycles. The molecule has 0 spiro atoms. The zero-order valence-corrected chi connectivity index (χ0v) is 26.8. The number of thiol groups is 1. The predicted molar refractivity (Wildman–Crippen MR) is 157 cm³/mol. The van der Waals surface area contributed by atoms with Crippen molar-refractivity contribution in [2.24, 2.45) is 0 Å². The monoisotopic (exact) mass is 576 g/mol. The van der Waals surface area contributed by atoms with Gasteiger partial charge < -0.3 is 0 Å². The zero-order valence-electron chi connectivity index (χ0n) is 23.0. The molecule has 2 heteroatoms. The minimum atomic E-state index is -2.00. The van der Waals surface area contributed by atoms with Crippen molar-refractivity contribution in [3.8, 4) is 0 Å². The first-order valence-corrected chi connectivity index (χ1v) is 25.7. The molecular formula is C30H64SSn. The first-order valence-electron chi connectivity index (χ1n) is 15.4. The molecule has 0 N–H and O–H groups in total. The molecule has 0 heterocycles. The summed E-state index contributed by atoms with van der Waals surface area (Å²) in [6.45, 7) is 7.00. The molecule has 0 aromatic heterocycles. The van der Waals surface area contributed by atoms with Crippen LogP contribution in [0.5, 0.6) is 0 Å². The van der Waals surface area contributed by atoms with Crippen LogP contribution in [0.4, 0.5) is 0 Å². The Bertz CT molecular complexity index is 336. The summed E-state index contributed by atoms with van der Waals surface area (Å²) in [4.78, 5) is 0. The summed E-state index contributed by atoms with van der Waals surface area (Å²) < 4.78 is 4.62. The van der Waals surface area contributed by atoms with Crippen LogP contribution in [0.1, 0.15) is 175 Å². The molecule has 32 heavy (non-hydrogen) atoms. The molecule has 194 valence electrons. The van der Waals surface area contributed by atoms with Crippen LogP contribution in [0.3, 0.4) is 0 Å². The Labute approximate surface area is 214 Å². The summed E-state index contributed by atoms with van der Waals surface area (Å²) in [7, 11) is 5.34. The second-order valence-electron chi connectivity index (χ2n) is 10.9. The number of rotatable bonds is 27. The quantitative estimate of drug-likeness (QED) is 0.0562. The van der Waals surface area contributed by atoms with E-state index in [1.807, 2.05) is 0 Å². The van der Waals surface area contributed by atoms with E-state index in [1.165, 1.54) is 163 Å². The van der Waals surface area contributed by atoms with Gasteiger partial charge in [0.1, 0.15) is 0 Å². The van der Waals surface area contributed by atoms with Crippen LogP contribution in [0.2, 0.25) is 13.3 Å². The second-order valence-corrected chi connectivity index (χ2v) is 28.5. The topological polar surface area (TPSA) is 0 Å². The molecule has 0 aliphatic carbocycles. The average Bonchev–Trinajstić information content (AvgIpc) is 2.80. The molecule has 0 bridgehead atoms. The van der Waals surface area contributed by atoms with Crippen LogP contribution in [0, 0.1) is 0 Å². The third-order valence-electron chi connectivity index (χ3n) is 7.49. The summed E-state index contributed by atoms with van der Waals surface area (Å²) in [6.07, 6.45) is 35.2. The van der Waals surface area contributed by atoms with E-state index in [0.29, 0.717) is 0 Å². The first kappa shape index (κ1) is 33.1. The standard InChI is InChI=1S/C22H45.2C4H9.H2S.Sn/c1-3-5-7-9-11-13-15-17-19-21-22-20-18-16-14-12-10-8-6-4-2;2*1-3-4-2;;/h1,3-22H2,2H3;2*1,3-4H2,2H3;1H2;/q;;;;+1/p-1. The Morgan fingerprint density at radius 1 is 0.312 bits per heavy atom. The Balaban J connectivity index is 3.31. The normalized spacial score (nSPS) is 12.0. The van der Waals surface area contributed by atoms with Gasteiger partial charge in [-0.25, -0.2) is 0 Å². The van der Waals surface area contributed by atoms with Gasteiger partial charge in [-0.1, -0.05) is 64.7 Å². The van der Waals surface area contributed by atoms with Gasteiger partial charge >= 0.3 is 150 Å². The van der Waals surface area contributed by atoms with Gasteiger partial charge in [0.25, 0.3) is 0 Å².